The predicted octanol–water partition coefficient (Wildman–Crippen LogP) is 1.91. The fourth-order valence-electron chi connectivity index (χ4n) is 2.38. The zero-order chi connectivity index (χ0) is 12.5. The third-order valence-electron chi connectivity index (χ3n) is 3.38. The number of fused-ring (bicyclic) bond motifs is 1. The molecule has 1 saturated heterocycles. The number of halogens is 1. The Labute approximate surface area is 112 Å². The normalized spacial score (nSPS) is 17.4. The van der Waals surface area contributed by atoms with Gasteiger partial charge in [-0.1, -0.05) is 0 Å². The van der Waals surface area contributed by atoms with Gasteiger partial charge in [0.1, 0.15) is 0 Å². The summed E-state index contributed by atoms with van der Waals surface area (Å²) in [6.07, 6.45) is 3.72. The first-order valence-corrected chi connectivity index (χ1v) is 6.85. The molecule has 0 radical (unpaired) electrons. The van der Waals surface area contributed by atoms with Crippen LogP contribution in [0.4, 0.5) is 0 Å². The smallest absolute Gasteiger partial charge is 0.327 e. The number of nitrogens with zero attached hydrogens (tertiary/aromatic N) is 2. The standard InChI is InChI=1S/C12H14BrN3O2/c13-9-5-10-11(14-6-9)15-12(17)16(10)7-8-1-3-18-4-2-8/h5-6,8H,1-4,7H2,(H,14,15,17). The van der Waals surface area contributed by atoms with Gasteiger partial charge < -0.3 is 4.74 Å². The van der Waals surface area contributed by atoms with Gasteiger partial charge in [0.15, 0.2) is 5.65 Å². The maximum absolute atomic E-state index is 11.9. The molecule has 0 aliphatic carbocycles. The van der Waals surface area contributed by atoms with Gasteiger partial charge in [-0.2, -0.15) is 0 Å². The Bertz CT molecular complexity index is 613. The van der Waals surface area contributed by atoms with Gasteiger partial charge >= 0.3 is 5.69 Å². The second kappa shape index (κ2) is 4.85. The number of aromatic amines is 1. The fourth-order valence-corrected chi connectivity index (χ4v) is 2.70. The zero-order valence-corrected chi connectivity index (χ0v) is 11.4. The first kappa shape index (κ1) is 11.9. The molecule has 0 aromatic carbocycles. The van der Waals surface area contributed by atoms with Crippen LogP contribution in [0.3, 0.4) is 0 Å². The molecule has 0 spiro atoms. The van der Waals surface area contributed by atoms with Crippen molar-refractivity contribution < 1.29 is 4.74 Å². The van der Waals surface area contributed by atoms with E-state index in [1.54, 1.807) is 10.8 Å². The minimum absolute atomic E-state index is 0.0814. The van der Waals surface area contributed by atoms with Crippen molar-refractivity contribution in [3.63, 3.8) is 0 Å². The molecule has 96 valence electrons. The molecule has 1 N–H and O–H groups in total. The quantitative estimate of drug-likeness (QED) is 0.921. The number of aromatic nitrogens is 3. The van der Waals surface area contributed by atoms with E-state index < -0.39 is 0 Å². The number of ether oxygens (including phenoxy) is 1. The molecule has 6 heteroatoms. The molecule has 1 fully saturated rings. The summed E-state index contributed by atoms with van der Waals surface area (Å²) in [5, 5.41) is 0. The van der Waals surface area contributed by atoms with Crippen molar-refractivity contribution >= 4 is 27.1 Å². The predicted molar refractivity (Wildman–Crippen MR) is 71.6 cm³/mol. The highest BCUT2D eigenvalue weighted by Crippen LogP contribution is 2.20. The Hall–Kier alpha value is -1.14. The van der Waals surface area contributed by atoms with Crippen molar-refractivity contribution in [3.8, 4) is 0 Å². The molecular weight excluding hydrogens is 298 g/mol. The van der Waals surface area contributed by atoms with Gasteiger partial charge in [0.25, 0.3) is 0 Å². The van der Waals surface area contributed by atoms with Crippen LogP contribution in [0.15, 0.2) is 21.5 Å². The molecule has 18 heavy (non-hydrogen) atoms. The van der Waals surface area contributed by atoms with E-state index in [1.165, 1.54) is 0 Å². The first-order chi connectivity index (χ1) is 8.74. The topological polar surface area (TPSA) is 59.9 Å². The van der Waals surface area contributed by atoms with E-state index in [0.717, 1.165) is 42.6 Å². The lowest BCUT2D eigenvalue weighted by Crippen LogP contribution is -2.25. The van der Waals surface area contributed by atoms with E-state index in [4.69, 9.17) is 4.74 Å². The number of hydrogen-bond donors (Lipinski definition) is 1. The van der Waals surface area contributed by atoms with E-state index in [0.29, 0.717) is 11.6 Å². The third-order valence-corrected chi connectivity index (χ3v) is 3.81. The summed E-state index contributed by atoms with van der Waals surface area (Å²) >= 11 is 3.39. The number of hydrogen-bond acceptors (Lipinski definition) is 3. The highest BCUT2D eigenvalue weighted by Gasteiger charge is 2.17. The number of rotatable bonds is 2. The summed E-state index contributed by atoms with van der Waals surface area (Å²) < 4.78 is 8.01. The number of nitrogens with one attached hydrogen (secondary N) is 1. The molecule has 0 unspecified atom stereocenters. The van der Waals surface area contributed by atoms with Gasteiger partial charge in [-0.05, 0) is 40.8 Å². The Morgan fingerprint density at radius 3 is 3.06 bits per heavy atom. The van der Waals surface area contributed by atoms with Crippen molar-refractivity contribution in [2.24, 2.45) is 5.92 Å². The average molecular weight is 312 g/mol. The summed E-state index contributed by atoms with van der Waals surface area (Å²) in [5.74, 6) is 0.509. The summed E-state index contributed by atoms with van der Waals surface area (Å²) in [7, 11) is 0. The zero-order valence-electron chi connectivity index (χ0n) is 9.86. The minimum Gasteiger partial charge on any atom is -0.381 e. The number of H-pyrrole nitrogens is 1. The molecule has 0 saturated carbocycles. The summed E-state index contributed by atoms with van der Waals surface area (Å²) in [5.41, 5.74) is 1.43. The summed E-state index contributed by atoms with van der Waals surface area (Å²) in [4.78, 5) is 18.9. The van der Waals surface area contributed by atoms with Gasteiger partial charge in [0.05, 0.1) is 5.52 Å². The average Bonchev–Trinajstić information content (AvgIpc) is 2.67. The molecule has 3 rings (SSSR count). The maximum Gasteiger partial charge on any atom is 0.327 e. The highest BCUT2D eigenvalue weighted by atomic mass is 79.9. The Morgan fingerprint density at radius 1 is 1.50 bits per heavy atom. The molecule has 5 nitrogen and oxygen atoms in total. The Kier molecular flexibility index (Phi) is 3.22. The van der Waals surface area contributed by atoms with Gasteiger partial charge in [-0.25, -0.2) is 9.78 Å². The molecule has 2 aromatic rings. The maximum atomic E-state index is 11.9. The van der Waals surface area contributed by atoms with E-state index >= 15 is 0 Å². The molecule has 0 atom stereocenters. The summed E-state index contributed by atoms with van der Waals surface area (Å²) in [6, 6.07) is 1.93. The molecule has 0 amide bonds. The van der Waals surface area contributed by atoms with Crippen LogP contribution in [0.25, 0.3) is 11.2 Å². The third kappa shape index (κ3) is 2.22. The van der Waals surface area contributed by atoms with Gasteiger partial charge in [-0.15, -0.1) is 0 Å². The molecule has 0 bridgehead atoms. The molecule has 2 aromatic heterocycles. The lowest BCUT2D eigenvalue weighted by atomic mass is 10.0. The summed E-state index contributed by atoms with van der Waals surface area (Å²) in [6.45, 7) is 2.33. The van der Waals surface area contributed by atoms with E-state index in [-0.39, 0.29) is 5.69 Å². The van der Waals surface area contributed by atoms with E-state index in [9.17, 15) is 4.79 Å². The second-order valence-corrected chi connectivity index (χ2v) is 5.53. The lowest BCUT2D eigenvalue weighted by molar-refractivity contribution is 0.0613. The van der Waals surface area contributed by atoms with Crippen LogP contribution in [0.1, 0.15) is 12.8 Å². The highest BCUT2D eigenvalue weighted by molar-refractivity contribution is 9.10. The number of imidazole rings is 1. The van der Waals surface area contributed by atoms with E-state index in [1.807, 2.05) is 6.07 Å². The molecular formula is C12H14BrN3O2. The van der Waals surface area contributed by atoms with Crippen molar-refractivity contribution in [2.45, 2.75) is 19.4 Å². The largest absolute Gasteiger partial charge is 0.381 e. The van der Waals surface area contributed by atoms with Crippen LogP contribution in [0.2, 0.25) is 0 Å². The van der Waals surface area contributed by atoms with Crippen molar-refractivity contribution in [2.75, 3.05) is 13.2 Å². The fraction of sp³-hybridized carbons (Fsp3) is 0.500. The van der Waals surface area contributed by atoms with Gasteiger partial charge in [-0.3, -0.25) is 9.55 Å². The van der Waals surface area contributed by atoms with Crippen molar-refractivity contribution in [1.82, 2.24) is 14.5 Å². The van der Waals surface area contributed by atoms with Crippen LogP contribution in [0.5, 0.6) is 0 Å². The first-order valence-electron chi connectivity index (χ1n) is 6.06. The molecule has 3 heterocycles. The minimum atomic E-state index is -0.0814. The van der Waals surface area contributed by atoms with Crippen molar-refractivity contribution in [3.05, 3.63) is 27.2 Å². The van der Waals surface area contributed by atoms with Gasteiger partial charge in [0.2, 0.25) is 0 Å². The van der Waals surface area contributed by atoms with Crippen LogP contribution in [-0.2, 0) is 11.3 Å². The number of pyridine rings is 1. The van der Waals surface area contributed by atoms with Crippen molar-refractivity contribution in [1.29, 1.82) is 0 Å². The van der Waals surface area contributed by atoms with Crippen LogP contribution in [-0.4, -0.2) is 27.7 Å². The lowest BCUT2D eigenvalue weighted by Gasteiger charge is -2.22. The Balaban J connectivity index is 1.97. The van der Waals surface area contributed by atoms with Crippen LogP contribution >= 0.6 is 15.9 Å². The Morgan fingerprint density at radius 2 is 2.28 bits per heavy atom. The second-order valence-electron chi connectivity index (χ2n) is 4.62. The van der Waals surface area contributed by atoms with Gasteiger partial charge in [0, 0.05) is 30.4 Å². The monoisotopic (exact) mass is 311 g/mol. The van der Waals surface area contributed by atoms with Crippen LogP contribution < -0.4 is 5.69 Å². The van der Waals surface area contributed by atoms with E-state index in [2.05, 4.69) is 25.9 Å². The molecule has 1 aliphatic heterocycles. The SMILES string of the molecule is O=c1[nH]c2ncc(Br)cc2n1CC1CCOCC1. The van der Waals surface area contributed by atoms with Crippen LogP contribution in [0, 0.1) is 5.92 Å². The molecule has 1 aliphatic rings.